The van der Waals surface area contributed by atoms with Crippen LogP contribution in [0.3, 0.4) is 0 Å². The first kappa shape index (κ1) is 19.5. The number of ether oxygens (including phenoxy) is 1. The van der Waals surface area contributed by atoms with Gasteiger partial charge in [0.15, 0.2) is 11.6 Å². The van der Waals surface area contributed by atoms with E-state index in [0.29, 0.717) is 35.0 Å². The summed E-state index contributed by atoms with van der Waals surface area (Å²) in [7, 11) is 1.79. The van der Waals surface area contributed by atoms with Gasteiger partial charge in [0, 0.05) is 24.9 Å². The molecular weight excluding hydrogens is 384 g/mol. The summed E-state index contributed by atoms with van der Waals surface area (Å²) in [6, 6.07) is 8.45. The molecule has 1 atom stereocenters. The summed E-state index contributed by atoms with van der Waals surface area (Å²) in [5.41, 5.74) is 1.57. The van der Waals surface area contributed by atoms with Crippen LogP contribution < -0.4 is 10.2 Å². The van der Waals surface area contributed by atoms with E-state index in [1.165, 1.54) is 10.7 Å². The topological polar surface area (TPSA) is 108 Å². The van der Waals surface area contributed by atoms with E-state index in [1.807, 2.05) is 13.0 Å². The van der Waals surface area contributed by atoms with Crippen LogP contribution in [0.4, 0.5) is 0 Å². The summed E-state index contributed by atoms with van der Waals surface area (Å²) in [5, 5.41) is 19.3. The van der Waals surface area contributed by atoms with Crippen molar-refractivity contribution in [2.24, 2.45) is 7.05 Å². The van der Waals surface area contributed by atoms with Gasteiger partial charge in [-0.15, -0.1) is 0 Å². The minimum atomic E-state index is -1.20. The predicted molar refractivity (Wildman–Crippen MR) is 109 cm³/mol. The Labute approximate surface area is 172 Å². The van der Waals surface area contributed by atoms with E-state index >= 15 is 0 Å². The third-order valence-electron chi connectivity index (χ3n) is 4.45. The highest BCUT2D eigenvalue weighted by molar-refractivity contribution is 5.56. The Morgan fingerprint density at radius 2 is 1.97 bits per heavy atom. The van der Waals surface area contributed by atoms with E-state index in [4.69, 9.17) is 4.74 Å². The Hall–Kier alpha value is -3.85. The molecule has 0 amide bonds. The molecule has 3 heterocycles. The number of hydrogen-bond acceptors (Lipinski definition) is 7. The Kier molecular flexibility index (Phi) is 5.36. The number of aliphatic hydroxyl groups excluding tert-OH is 1. The largest absolute Gasteiger partial charge is 0.491 e. The predicted octanol–water partition coefficient (Wildman–Crippen LogP) is 1.90. The van der Waals surface area contributed by atoms with E-state index in [2.05, 4.69) is 20.2 Å². The minimum Gasteiger partial charge on any atom is -0.491 e. The summed E-state index contributed by atoms with van der Waals surface area (Å²) >= 11 is 0. The molecule has 9 nitrogen and oxygen atoms in total. The number of rotatable bonds is 6. The van der Waals surface area contributed by atoms with Crippen molar-refractivity contribution in [1.29, 1.82) is 0 Å². The molecule has 30 heavy (non-hydrogen) atoms. The van der Waals surface area contributed by atoms with E-state index in [-0.39, 0.29) is 11.1 Å². The van der Waals surface area contributed by atoms with Crippen molar-refractivity contribution < 1.29 is 9.84 Å². The summed E-state index contributed by atoms with van der Waals surface area (Å²) in [6.45, 7) is 2.42. The van der Waals surface area contributed by atoms with Gasteiger partial charge in [-0.25, -0.2) is 14.6 Å². The van der Waals surface area contributed by atoms with Gasteiger partial charge in [-0.1, -0.05) is 18.2 Å². The Morgan fingerprint density at radius 1 is 1.17 bits per heavy atom. The number of nitrogens with zero attached hydrogens (tertiary/aromatic N) is 6. The summed E-state index contributed by atoms with van der Waals surface area (Å²) in [6.07, 6.45) is 6.92. The molecule has 3 aromatic heterocycles. The monoisotopic (exact) mass is 404 g/mol. The van der Waals surface area contributed by atoms with Crippen LogP contribution in [-0.2, 0) is 7.05 Å². The van der Waals surface area contributed by atoms with Crippen molar-refractivity contribution in [3.63, 3.8) is 0 Å². The van der Waals surface area contributed by atoms with Crippen LogP contribution in [-0.4, -0.2) is 41.2 Å². The molecule has 0 spiro atoms. The molecule has 1 N–H and O–H groups in total. The maximum Gasteiger partial charge on any atom is 0.206 e. The van der Waals surface area contributed by atoms with Gasteiger partial charge in [0.1, 0.15) is 17.5 Å². The summed E-state index contributed by atoms with van der Waals surface area (Å²) in [5.74, 6) is 1.07. The quantitative estimate of drug-likeness (QED) is 0.523. The number of aromatic nitrogens is 6. The maximum absolute atomic E-state index is 12.4. The fraction of sp³-hybridized carbons (Fsp3) is 0.190. The Bertz CT molecular complexity index is 1220. The van der Waals surface area contributed by atoms with Gasteiger partial charge in [-0.2, -0.15) is 10.2 Å². The van der Waals surface area contributed by atoms with Crippen LogP contribution in [0.25, 0.3) is 17.1 Å². The number of aryl methyl sites for hydroxylation is 1. The highest BCUT2D eigenvalue weighted by atomic mass is 16.5. The van der Waals surface area contributed by atoms with Crippen LogP contribution >= 0.6 is 0 Å². The second-order valence-corrected chi connectivity index (χ2v) is 6.59. The zero-order chi connectivity index (χ0) is 21.1. The van der Waals surface area contributed by atoms with Gasteiger partial charge in [-0.05, 0) is 18.6 Å². The van der Waals surface area contributed by atoms with E-state index in [1.54, 1.807) is 60.9 Å². The molecule has 4 aromatic rings. The average Bonchev–Trinajstić information content (AvgIpc) is 3.21. The van der Waals surface area contributed by atoms with E-state index in [0.717, 1.165) is 0 Å². The Morgan fingerprint density at radius 3 is 2.67 bits per heavy atom. The van der Waals surface area contributed by atoms with Crippen molar-refractivity contribution in [2.45, 2.75) is 13.0 Å². The maximum atomic E-state index is 12.4. The zero-order valence-corrected chi connectivity index (χ0v) is 16.5. The van der Waals surface area contributed by atoms with Crippen LogP contribution in [0.15, 0.2) is 66.1 Å². The molecule has 0 saturated carbocycles. The highest BCUT2D eigenvalue weighted by Gasteiger charge is 2.18. The molecule has 9 heteroatoms. The van der Waals surface area contributed by atoms with Crippen LogP contribution in [0.2, 0.25) is 0 Å². The fourth-order valence-corrected chi connectivity index (χ4v) is 2.99. The van der Waals surface area contributed by atoms with Crippen molar-refractivity contribution in [2.75, 3.05) is 6.61 Å². The van der Waals surface area contributed by atoms with Gasteiger partial charge < -0.3 is 9.84 Å². The lowest BCUT2D eigenvalue weighted by Gasteiger charge is -2.13. The number of aliphatic hydroxyl groups is 1. The smallest absolute Gasteiger partial charge is 0.206 e. The summed E-state index contributed by atoms with van der Waals surface area (Å²) in [4.78, 5) is 21.0. The van der Waals surface area contributed by atoms with Gasteiger partial charge in [0.25, 0.3) is 0 Å². The molecule has 0 radical (unpaired) electrons. The molecule has 1 aromatic carbocycles. The third-order valence-corrected chi connectivity index (χ3v) is 4.45. The lowest BCUT2D eigenvalue weighted by atomic mass is 10.0. The van der Waals surface area contributed by atoms with E-state index in [9.17, 15) is 9.90 Å². The summed E-state index contributed by atoms with van der Waals surface area (Å²) < 4.78 is 8.50. The standard InChI is InChI=1S/C21H20N6O3/c1-3-30-17-11-22-21(23-12-17)15-6-4-5-14(9-15)20(29)19-18(28)7-8-27(25-19)16-10-24-26(2)13-16/h4-13,20,29H,3H2,1-2H3. The molecule has 0 saturated heterocycles. The molecule has 0 bridgehead atoms. The molecule has 1 unspecified atom stereocenters. The average molecular weight is 404 g/mol. The van der Waals surface area contributed by atoms with Crippen LogP contribution in [0.1, 0.15) is 24.3 Å². The van der Waals surface area contributed by atoms with Gasteiger partial charge in [0.05, 0.1) is 31.4 Å². The van der Waals surface area contributed by atoms with Gasteiger partial charge >= 0.3 is 0 Å². The second kappa shape index (κ2) is 8.26. The SMILES string of the molecule is CCOc1cnc(-c2cccc(C(O)c3nn(-c4cnn(C)c4)ccc3=O)c2)nc1. The van der Waals surface area contributed by atoms with Crippen molar-refractivity contribution in [1.82, 2.24) is 29.5 Å². The van der Waals surface area contributed by atoms with Crippen LogP contribution in [0, 0.1) is 0 Å². The lowest BCUT2D eigenvalue weighted by molar-refractivity contribution is 0.212. The molecule has 152 valence electrons. The van der Waals surface area contributed by atoms with Crippen molar-refractivity contribution in [3.05, 3.63) is 82.8 Å². The fourth-order valence-electron chi connectivity index (χ4n) is 2.99. The molecule has 0 fully saturated rings. The molecule has 0 aliphatic rings. The molecule has 0 aliphatic carbocycles. The lowest BCUT2D eigenvalue weighted by Crippen LogP contribution is -2.20. The molecule has 0 aliphatic heterocycles. The third kappa shape index (κ3) is 3.96. The molecular formula is C21H20N6O3. The number of benzene rings is 1. The van der Waals surface area contributed by atoms with Crippen molar-refractivity contribution in [3.8, 4) is 22.8 Å². The first-order chi connectivity index (χ1) is 14.5. The van der Waals surface area contributed by atoms with Crippen molar-refractivity contribution >= 4 is 0 Å². The van der Waals surface area contributed by atoms with Crippen LogP contribution in [0.5, 0.6) is 5.75 Å². The molecule has 4 rings (SSSR count). The zero-order valence-electron chi connectivity index (χ0n) is 16.5. The van der Waals surface area contributed by atoms with Gasteiger partial charge in [-0.3, -0.25) is 9.48 Å². The minimum absolute atomic E-state index is 0.0196. The number of hydrogen-bond donors (Lipinski definition) is 1. The van der Waals surface area contributed by atoms with E-state index < -0.39 is 6.10 Å². The van der Waals surface area contributed by atoms with Gasteiger partial charge in [0.2, 0.25) is 5.43 Å². The normalized spacial score (nSPS) is 12.0. The first-order valence-electron chi connectivity index (χ1n) is 9.37. The first-order valence-corrected chi connectivity index (χ1v) is 9.37. The Balaban J connectivity index is 1.66. The highest BCUT2D eigenvalue weighted by Crippen LogP contribution is 2.24. The second-order valence-electron chi connectivity index (χ2n) is 6.59.